The van der Waals surface area contributed by atoms with Crippen LogP contribution in [0.15, 0.2) is 33.8 Å². The first kappa shape index (κ1) is 10.2. The molecule has 0 N–H and O–H groups in total. The Morgan fingerprint density at radius 1 is 1.24 bits per heavy atom. The molecule has 0 aliphatic heterocycles. The summed E-state index contributed by atoms with van der Waals surface area (Å²) in [5, 5.41) is 3.97. The number of aromatic nitrogens is 1. The van der Waals surface area contributed by atoms with Crippen LogP contribution in [0.4, 0.5) is 10.3 Å². The van der Waals surface area contributed by atoms with Crippen LogP contribution in [0.25, 0.3) is 0 Å². The summed E-state index contributed by atoms with van der Waals surface area (Å²) in [6, 6.07) is 6.17. The first-order valence-corrected chi connectivity index (χ1v) is 5.60. The minimum atomic E-state index is -0.247. The number of benzene rings is 1. The summed E-state index contributed by atoms with van der Waals surface area (Å²) in [6.07, 6.45) is 4.74. The topological polar surface area (TPSA) is 38.4 Å². The zero-order valence-corrected chi connectivity index (χ0v) is 9.19. The molecular formula is C13H11FN2O. The number of aryl methyl sites for hydroxylation is 1. The molecule has 1 heterocycles. The maximum Gasteiger partial charge on any atom is 0.253 e. The quantitative estimate of drug-likeness (QED) is 0.744. The van der Waals surface area contributed by atoms with Crippen LogP contribution in [0.5, 0.6) is 0 Å². The molecule has 2 aromatic rings. The maximum absolute atomic E-state index is 12.7. The molecule has 1 aliphatic carbocycles. The highest BCUT2D eigenvalue weighted by atomic mass is 19.1. The average Bonchev–Trinajstić information content (AvgIpc) is 2.91. The Hall–Kier alpha value is -1.97. The van der Waals surface area contributed by atoms with Crippen molar-refractivity contribution in [1.82, 2.24) is 5.16 Å². The highest BCUT2D eigenvalue weighted by Crippen LogP contribution is 2.30. The summed E-state index contributed by atoms with van der Waals surface area (Å²) in [7, 11) is 0. The van der Waals surface area contributed by atoms with Gasteiger partial charge in [-0.3, -0.25) is 0 Å². The number of hydrogen-bond acceptors (Lipinski definition) is 3. The van der Waals surface area contributed by atoms with Crippen molar-refractivity contribution in [3.63, 3.8) is 0 Å². The van der Waals surface area contributed by atoms with E-state index >= 15 is 0 Å². The second-order valence-corrected chi connectivity index (χ2v) is 4.08. The van der Waals surface area contributed by atoms with Crippen molar-refractivity contribution in [3.8, 4) is 0 Å². The Balaban J connectivity index is 1.84. The van der Waals surface area contributed by atoms with Crippen LogP contribution in [0.2, 0.25) is 0 Å². The maximum atomic E-state index is 12.7. The molecule has 3 nitrogen and oxygen atoms in total. The second kappa shape index (κ2) is 4.13. The Kier molecular flexibility index (Phi) is 2.48. The van der Waals surface area contributed by atoms with Crippen LogP contribution in [-0.2, 0) is 12.8 Å². The lowest BCUT2D eigenvalue weighted by molar-refractivity contribution is 0.419. The van der Waals surface area contributed by atoms with Gasteiger partial charge in [-0.2, -0.15) is 0 Å². The number of hydrogen-bond donors (Lipinski definition) is 0. The molecular weight excluding hydrogens is 219 g/mol. The molecule has 1 aromatic heterocycles. The van der Waals surface area contributed by atoms with Crippen LogP contribution < -0.4 is 0 Å². The summed E-state index contributed by atoms with van der Waals surface area (Å²) < 4.78 is 17.9. The van der Waals surface area contributed by atoms with Crippen LogP contribution in [0, 0.1) is 5.82 Å². The monoisotopic (exact) mass is 230 g/mol. The van der Waals surface area contributed by atoms with Crippen molar-refractivity contribution in [2.24, 2.45) is 4.99 Å². The predicted octanol–water partition coefficient (Wildman–Crippen LogP) is 3.05. The van der Waals surface area contributed by atoms with E-state index in [1.54, 1.807) is 18.3 Å². The molecule has 0 atom stereocenters. The highest BCUT2D eigenvalue weighted by Gasteiger charge is 2.20. The summed E-state index contributed by atoms with van der Waals surface area (Å²) >= 11 is 0. The zero-order valence-electron chi connectivity index (χ0n) is 9.19. The number of aliphatic imine (C=N–C) groups is 1. The van der Waals surface area contributed by atoms with Crippen molar-refractivity contribution in [2.45, 2.75) is 19.3 Å². The normalized spacial score (nSPS) is 14.4. The summed E-state index contributed by atoms with van der Waals surface area (Å²) in [5.74, 6) is 0.338. The van der Waals surface area contributed by atoms with Crippen molar-refractivity contribution in [3.05, 3.63) is 46.9 Å². The van der Waals surface area contributed by atoms with Gasteiger partial charge in [0.15, 0.2) is 0 Å². The van der Waals surface area contributed by atoms with E-state index < -0.39 is 0 Å². The van der Waals surface area contributed by atoms with Crippen LogP contribution in [0.3, 0.4) is 0 Å². The fourth-order valence-electron chi connectivity index (χ4n) is 2.00. The van der Waals surface area contributed by atoms with Crippen molar-refractivity contribution in [1.29, 1.82) is 0 Å². The summed E-state index contributed by atoms with van der Waals surface area (Å²) in [6.45, 7) is 0. The molecule has 3 rings (SSSR count). The van der Waals surface area contributed by atoms with E-state index in [2.05, 4.69) is 10.1 Å². The van der Waals surface area contributed by atoms with Gasteiger partial charge >= 0.3 is 0 Å². The van der Waals surface area contributed by atoms with Gasteiger partial charge in [0.1, 0.15) is 5.82 Å². The summed E-state index contributed by atoms with van der Waals surface area (Å²) in [5.41, 5.74) is 2.98. The number of nitrogens with zero attached hydrogens (tertiary/aromatic N) is 2. The van der Waals surface area contributed by atoms with Gasteiger partial charge in [-0.05, 0) is 37.0 Å². The molecule has 0 unspecified atom stereocenters. The van der Waals surface area contributed by atoms with Gasteiger partial charge in [0, 0.05) is 11.8 Å². The molecule has 0 radical (unpaired) electrons. The SMILES string of the molecule is Fc1ccc(C=Nc2onc3c2CCC3)cc1. The van der Waals surface area contributed by atoms with E-state index in [-0.39, 0.29) is 5.82 Å². The van der Waals surface area contributed by atoms with Crippen LogP contribution in [-0.4, -0.2) is 11.4 Å². The Morgan fingerprint density at radius 2 is 2.06 bits per heavy atom. The first-order valence-electron chi connectivity index (χ1n) is 5.60. The molecule has 0 amide bonds. The molecule has 1 aliphatic rings. The van der Waals surface area contributed by atoms with E-state index in [0.29, 0.717) is 5.88 Å². The third-order valence-electron chi connectivity index (χ3n) is 2.89. The fourth-order valence-corrected chi connectivity index (χ4v) is 2.00. The van der Waals surface area contributed by atoms with E-state index in [1.807, 2.05) is 0 Å². The molecule has 0 saturated heterocycles. The molecule has 4 heteroatoms. The van der Waals surface area contributed by atoms with E-state index in [9.17, 15) is 4.39 Å². The van der Waals surface area contributed by atoms with Gasteiger partial charge in [0.25, 0.3) is 5.88 Å². The lowest BCUT2D eigenvalue weighted by Crippen LogP contribution is -1.81. The number of fused-ring (bicyclic) bond motifs is 1. The number of rotatable bonds is 2. The zero-order chi connectivity index (χ0) is 11.7. The van der Waals surface area contributed by atoms with E-state index in [0.717, 1.165) is 36.1 Å². The second-order valence-electron chi connectivity index (χ2n) is 4.08. The van der Waals surface area contributed by atoms with Gasteiger partial charge in [-0.1, -0.05) is 17.3 Å². The first-order chi connectivity index (χ1) is 8.33. The lowest BCUT2D eigenvalue weighted by Gasteiger charge is -1.92. The Morgan fingerprint density at radius 3 is 2.88 bits per heavy atom. The van der Waals surface area contributed by atoms with Crippen molar-refractivity contribution < 1.29 is 8.91 Å². The Labute approximate surface area is 98.0 Å². The molecule has 0 fully saturated rings. The summed E-state index contributed by atoms with van der Waals surface area (Å²) in [4.78, 5) is 4.26. The van der Waals surface area contributed by atoms with Gasteiger partial charge in [-0.25, -0.2) is 9.38 Å². The average molecular weight is 230 g/mol. The third kappa shape index (κ3) is 1.98. The molecule has 0 bridgehead atoms. The minimum absolute atomic E-state index is 0.247. The lowest BCUT2D eigenvalue weighted by atomic mass is 10.2. The predicted molar refractivity (Wildman–Crippen MR) is 62.2 cm³/mol. The molecule has 86 valence electrons. The van der Waals surface area contributed by atoms with Gasteiger partial charge in [0.2, 0.25) is 0 Å². The standard InChI is InChI=1S/C13H11FN2O/c14-10-6-4-9(5-7-10)8-15-13-11-2-1-3-12(11)16-17-13/h4-8H,1-3H2. The number of halogens is 1. The molecule has 1 aromatic carbocycles. The van der Waals surface area contributed by atoms with Crippen LogP contribution in [0.1, 0.15) is 23.2 Å². The smallest absolute Gasteiger partial charge is 0.253 e. The minimum Gasteiger partial charge on any atom is -0.336 e. The van der Waals surface area contributed by atoms with Gasteiger partial charge < -0.3 is 4.52 Å². The van der Waals surface area contributed by atoms with Gasteiger partial charge in [-0.15, -0.1) is 0 Å². The third-order valence-corrected chi connectivity index (χ3v) is 2.89. The van der Waals surface area contributed by atoms with Crippen molar-refractivity contribution >= 4 is 12.1 Å². The van der Waals surface area contributed by atoms with Gasteiger partial charge in [0.05, 0.1) is 5.69 Å². The molecule has 0 saturated carbocycles. The van der Waals surface area contributed by atoms with E-state index in [4.69, 9.17) is 4.52 Å². The largest absolute Gasteiger partial charge is 0.336 e. The van der Waals surface area contributed by atoms with Crippen molar-refractivity contribution in [2.75, 3.05) is 0 Å². The van der Waals surface area contributed by atoms with Crippen LogP contribution >= 0.6 is 0 Å². The fraction of sp³-hybridized carbons (Fsp3) is 0.231. The molecule has 17 heavy (non-hydrogen) atoms. The Bertz CT molecular complexity index is 557. The van der Waals surface area contributed by atoms with E-state index in [1.165, 1.54) is 12.1 Å². The molecule has 0 spiro atoms. The highest BCUT2D eigenvalue weighted by molar-refractivity contribution is 5.81.